The summed E-state index contributed by atoms with van der Waals surface area (Å²) in [5, 5.41) is 5.90. The summed E-state index contributed by atoms with van der Waals surface area (Å²) in [4.78, 5) is 25.1. The molecule has 1 atom stereocenters. The van der Waals surface area contributed by atoms with Crippen molar-refractivity contribution in [2.45, 2.75) is 32.4 Å². The Morgan fingerprint density at radius 2 is 2.11 bits per heavy atom. The van der Waals surface area contributed by atoms with Gasteiger partial charge in [0, 0.05) is 19.1 Å². The SMILES string of the molecule is CN(CC(=O)NC(C)(C)C)C(=O)C1COCCN1. The van der Waals surface area contributed by atoms with E-state index in [4.69, 9.17) is 4.74 Å². The highest BCUT2D eigenvalue weighted by atomic mass is 16.5. The molecule has 1 aliphatic heterocycles. The van der Waals surface area contributed by atoms with Crippen LogP contribution in [0.25, 0.3) is 0 Å². The minimum atomic E-state index is -0.341. The smallest absolute Gasteiger partial charge is 0.242 e. The number of amides is 2. The molecule has 2 N–H and O–H groups in total. The third-order valence-corrected chi connectivity index (χ3v) is 2.49. The van der Waals surface area contributed by atoms with Crippen molar-refractivity contribution in [2.24, 2.45) is 0 Å². The molecule has 6 heteroatoms. The van der Waals surface area contributed by atoms with Gasteiger partial charge in [-0.3, -0.25) is 9.59 Å². The normalized spacial score (nSPS) is 20.3. The van der Waals surface area contributed by atoms with Gasteiger partial charge >= 0.3 is 0 Å². The van der Waals surface area contributed by atoms with Crippen molar-refractivity contribution in [3.05, 3.63) is 0 Å². The molecule has 18 heavy (non-hydrogen) atoms. The lowest BCUT2D eigenvalue weighted by atomic mass is 10.1. The predicted molar refractivity (Wildman–Crippen MR) is 68.1 cm³/mol. The molecule has 0 aromatic carbocycles. The molecule has 1 unspecified atom stereocenters. The van der Waals surface area contributed by atoms with Gasteiger partial charge in [-0.25, -0.2) is 0 Å². The van der Waals surface area contributed by atoms with Crippen LogP contribution in [-0.4, -0.2) is 61.6 Å². The van der Waals surface area contributed by atoms with Crippen LogP contribution in [0.15, 0.2) is 0 Å². The molecular formula is C12H23N3O3. The Balaban J connectivity index is 2.41. The van der Waals surface area contributed by atoms with Crippen LogP contribution in [0.1, 0.15) is 20.8 Å². The van der Waals surface area contributed by atoms with Gasteiger partial charge in [0.15, 0.2) is 0 Å². The summed E-state index contributed by atoms with van der Waals surface area (Å²) in [6, 6.07) is -0.341. The first kappa shape index (κ1) is 14.9. The maximum absolute atomic E-state index is 12.0. The number of carbonyl (C=O) groups is 2. The fraction of sp³-hybridized carbons (Fsp3) is 0.833. The number of nitrogens with one attached hydrogen (secondary N) is 2. The standard InChI is InChI=1S/C12H23N3O3/c1-12(2,3)14-10(16)7-15(4)11(17)9-8-18-6-5-13-9/h9,13H,5-8H2,1-4H3,(H,14,16). The van der Waals surface area contributed by atoms with Crippen molar-refractivity contribution in [1.82, 2.24) is 15.5 Å². The van der Waals surface area contributed by atoms with E-state index in [0.29, 0.717) is 19.8 Å². The lowest BCUT2D eigenvalue weighted by Crippen LogP contribution is -2.54. The molecule has 0 spiro atoms. The van der Waals surface area contributed by atoms with Crippen LogP contribution in [-0.2, 0) is 14.3 Å². The van der Waals surface area contributed by atoms with Crippen LogP contribution >= 0.6 is 0 Å². The van der Waals surface area contributed by atoms with Gasteiger partial charge in [-0.2, -0.15) is 0 Å². The van der Waals surface area contributed by atoms with Crippen LogP contribution in [0.4, 0.5) is 0 Å². The van der Waals surface area contributed by atoms with E-state index in [-0.39, 0.29) is 29.9 Å². The fourth-order valence-corrected chi connectivity index (χ4v) is 1.74. The lowest BCUT2D eigenvalue weighted by Gasteiger charge is -2.28. The van der Waals surface area contributed by atoms with Crippen molar-refractivity contribution >= 4 is 11.8 Å². The summed E-state index contributed by atoms with van der Waals surface area (Å²) in [5.41, 5.74) is -0.285. The van der Waals surface area contributed by atoms with E-state index in [1.165, 1.54) is 4.90 Å². The number of hydrogen-bond donors (Lipinski definition) is 2. The van der Waals surface area contributed by atoms with Crippen molar-refractivity contribution in [3.63, 3.8) is 0 Å². The van der Waals surface area contributed by atoms with Crippen LogP contribution in [0.3, 0.4) is 0 Å². The van der Waals surface area contributed by atoms with Gasteiger partial charge in [0.2, 0.25) is 11.8 Å². The highest BCUT2D eigenvalue weighted by Crippen LogP contribution is 2.01. The summed E-state index contributed by atoms with van der Waals surface area (Å²) in [5.74, 6) is -0.270. The molecule has 0 aromatic rings. The molecule has 104 valence electrons. The van der Waals surface area contributed by atoms with Crippen LogP contribution < -0.4 is 10.6 Å². The zero-order chi connectivity index (χ0) is 13.8. The first-order valence-corrected chi connectivity index (χ1v) is 6.17. The molecule has 1 rings (SSSR count). The summed E-state index contributed by atoms with van der Waals surface area (Å²) in [6.07, 6.45) is 0. The average molecular weight is 257 g/mol. The highest BCUT2D eigenvalue weighted by Gasteiger charge is 2.26. The summed E-state index contributed by atoms with van der Waals surface area (Å²) < 4.78 is 5.23. The Morgan fingerprint density at radius 3 is 2.61 bits per heavy atom. The Bertz CT molecular complexity index is 306. The molecule has 1 saturated heterocycles. The fourth-order valence-electron chi connectivity index (χ4n) is 1.74. The molecule has 0 saturated carbocycles. The monoisotopic (exact) mass is 257 g/mol. The van der Waals surface area contributed by atoms with E-state index in [0.717, 1.165) is 0 Å². The first-order valence-electron chi connectivity index (χ1n) is 6.17. The molecule has 0 bridgehead atoms. The minimum Gasteiger partial charge on any atom is -0.378 e. The number of likely N-dealkylation sites (N-methyl/N-ethyl adjacent to an activating group) is 1. The molecule has 0 aromatic heterocycles. The van der Waals surface area contributed by atoms with E-state index < -0.39 is 0 Å². The molecular weight excluding hydrogens is 234 g/mol. The average Bonchev–Trinajstić information content (AvgIpc) is 2.26. The summed E-state index contributed by atoms with van der Waals surface area (Å²) in [7, 11) is 1.63. The first-order chi connectivity index (χ1) is 8.29. The Hall–Kier alpha value is -1.14. The van der Waals surface area contributed by atoms with Gasteiger partial charge in [0.1, 0.15) is 6.04 Å². The second-order valence-electron chi connectivity index (χ2n) is 5.57. The van der Waals surface area contributed by atoms with Crippen molar-refractivity contribution in [1.29, 1.82) is 0 Å². The number of nitrogens with zero attached hydrogens (tertiary/aromatic N) is 1. The third kappa shape index (κ3) is 5.01. The predicted octanol–water partition coefficient (Wildman–Crippen LogP) is -0.652. The van der Waals surface area contributed by atoms with Crippen molar-refractivity contribution in [3.8, 4) is 0 Å². The van der Waals surface area contributed by atoms with E-state index in [1.807, 2.05) is 20.8 Å². The number of ether oxygens (including phenoxy) is 1. The third-order valence-electron chi connectivity index (χ3n) is 2.49. The Labute approximate surface area is 108 Å². The topological polar surface area (TPSA) is 70.7 Å². The van der Waals surface area contributed by atoms with Gasteiger partial charge in [-0.05, 0) is 20.8 Å². The van der Waals surface area contributed by atoms with Crippen LogP contribution in [0.2, 0.25) is 0 Å². The minimum absolute atomic E-state index is 0.0638. The van der Waals surface area contributed by atoms with Gasteiger partial charge in [0.25, 0.3) is 0 Å². The molecule has 6 nitrogen and oxygen atoms in total. The maximum Gasteiger partial charge on any atom is 0.242 e. The van der Waals surface area contributed by atoms with E-state index in [2.05, 4.69) is 10.6 Å². The van der Waals surface area contributed by atoms with E-state index in [9.17, 15) is 9.59 Å². The van der Waals surface area contributed by atoms with Gasteiger partial charge < -0.3 is 20.3 Å². The number of rotatable bonds is 3. The molecule has 1 heterocycles. The van der Waals surface area contributed by atoms with Gasteiger partial charge in [-0.1, -0.05) is 0 Å². The Kier molecular flexibility index (Phi) is 5.10. The summed E-state index contributed by atoms with van der Waals surface area (Å²) >= 11 is 0. The van der Waals surface area contributed by atoms with Crippen LogP contribution in [0, 0.1) is 0 Å². The summed E-state index contributed by atoms with van der Waals surface area (Å²) in [6.45, 7) is 7.44. The maximum atomic E-state index is 12.0. The zero-order valence-electron chi connectivity index (χ0n) is 11.6. The quantitative estimate of drug-likeness (QED) is 0.705. The number of morpholine rings is 1. The second kappa shape index (κ2) is 6.15. The lowest BCUT2D eigenvalue weighted by molar-refractivity contribution is -0.139. The van der Waals surface area contributed by atoms with Gasteiger partial charge in [-0.15, -0.1) is 0 Å². The number of carbonyl (C=O) groups excluding carboxylic acids is 2. The van der Waals surface area contributed by atoms with Crippen molar-refractivity contribution < 1.29 is 14.3 Å². The molecule has 0 radical (unpaired) electrons. The largest absolute Gasteiger partial charge is 0.378 e. The van der Waals surface area contributed by atoms with E-state index >= 15 is 0 Å². The van der Waals surface area contributed by atoms with Crippen LogP contribution in [0.5, 0.6) is 0 Å². The molecule has 0 aliphatic carbocycles. The van der Waals surface area contributed by atoms with Gasteiger partial charge in [0.05, 0.1) is 19.8 Å². The molecule has 1 fully saturated rings. The molecule has 1 aliphatic rings. The zero-order valence-corrected chi connectivity index (χ0v) is 11.6. The number of hydrogen-bond acceptors (Lipinski definition) is 4. The van der Waals surface area contributed by atoms with E-state index in [1.54, 1.807) is 7.05 Å². The van der Waals surface area contributed by atoms with Crippen molar-refractivity contribution in [2.75, 3.05) is 33.4 Å². The Morgan fingerprint density at radius 1 is 1.44 bits per heavy atom. The molecule has 2 amide bonds. The highest BCUT2D eigenvalue weighted by molar-refractivity contribution is 5.87. The second-order valence-corrected chi connectivity index (χ2v) is 5.57.